The standard InChI is InChI=1S/C19H26N2O6/c1-2-26-15-9-10-16(17(12-15)21(24)25)20-18(22)13-27-19(23)11-8-14-6-4-3-5-7-14/h9-10,12,14H,2-8,11,13H2,1H3,(H,20,22). The number of nitrogens with one attached hydrogen (secondary N) is 1. The Labute approximate surface area is 158 Å². The van der Waals surface area contributed by atoms with E-state index in [1.54, 1.807) is 6.92 Å². The summed E-state index contributed by atoms with van der Waals surface area (Å²) in [5, 5.41) is 13.6. The first kappa shape index (κ1) is 20.7. The molecule has 8 nitrogen and oxygen atoms in total. The Morgan fingerprint density at radius 3 is 2.67 bits per heavy atom. The van der Waals surface area contributed by atoms with Gasteiger partial charge >= 0.3 is 5.97 Å². The highest BCUT2D eigenvalue weighted by Crippen LogP contribution is 2.29. The van der Waals surface area contributed by atoms with Crippen LogP contribution in [0.3, 0.4) is 0 Å². The first-order chi connectivity index (χ1) is 13.0. The monoisotopic (exact) mass is 378 g/mol. The van der Waals surface area contributed by atoms with Crippen LogP contribution in [-0.2, 0) is 14.3 Å². The summed E-state index contributed by atoms with van der Waals surface area (Å²) in [7, 11) is 0. The van der Waals surface area contributed by atoms with Crippen LogP contribution in [0.15, 0.2) is 18.2 Å². The molecule has 1 amide bonds. The van der Waals surface area contributed by atoms with E-state index < -0.39 is 23.4 Å². The van der Waals surface area contributed by atoms with Gasteiger partial charge in [-0.15, -0.1) is 0 Å². The van der Waals surface area contributed by atoms with Gasteiger partial charge in [-0.25, -0.2) is 0 Å². The molecule has 0 spiro atoms. The van der Waals surface area contributed by atoms with Crippen molar-refractivity contribution in [1.82, 2.24) is 0 Å². The highest BCUT2D eigenvalue weighted by molar-refractivity contribution is 5.95. The normalized spacial score (nSPS) is 14.4. The summed E-state index contributed by atoms with van der Waals surface area (Å²) < 4.78 is 10.2. The minimum atomic E-state index is -0.617. The first-order valence-corrected chi connectivity index (χ1v) is 9.36. The van der Waals surface area contributed by atoms with Gasteiger partial charge in [0.25, 0.3) is 11.6 Å². The predicted octanol–water partition coefficient (Wildman–Crippen LogP) is 3.84. The molecule has 1 aromatic rings. The van der Waals surface area contributed by atoms with E-state index in [0.29, 0.717) is 24.7 Å². The molecule has 0 heterocycles. The molecule has 0 radical (unpaired) electrons. The summed E-state index contributed by atoms with van der Waals surface area (Å²) in [6.07, 6.45) is 7.06. The lowest BCUT2D eigenvalue weighted by atomic mass is 9.86. The first-order valence-electron chi connectivity index (χ1n) is 9.36. The average Bonchev–Trinajstić information content (AvgIpc) is 2.66. The lowest BCUT2D eigenvalue weighted by Gasteiger charge is -2.20. The van der Waals surface area contributed by atoms with Gasteiger partial charge in [0.15, 0.2) is 6.61 Å². The molecule has 1 aliphatic carbocycles. The SMILES string of the molecule is CCOc1ccc(NC(=O)COC(=O)CCC2CCCCC2)c([N+](=O)[O-])c1. The smallest absolute Gasteiger partial charge is 0.306 e. The van der Waals surface area contributed by atoms with Crippen LogP contribution < -0.4 is 10.1 Å². The maximum absolute atomic E-state index is 12.0. The molecule has 0 aliphatic heterocycles. The number of anilines is 1. The Morgan fingerprint density at radius 2 is 2.00 bits per heavy atom. The van der Waals surface area contributed by atoms with Gasteiger partial charge in [-0.05, 0) is 31.4 Å². The third kappa shape index (κ3) is 6.88. The zero-order chi connectivity index (χ0) is 19.6. The molecule has 1 fully saturated rings. The zero-order valence-corrected chi connectivity index (χ0v) is 15.6. The fraction of sp³-hybridized carbons (Fsp3) is 0.579. The Morgan fingerprint density at radius 1 is 1.26 bits per heavy atom. The molecule has 1 N–H and O–H groups in total. The summed E-state index contributed by atoms with van der Waals surface area (Å²) in [6, 6.07) is 4.17. The zero-order valence-electron chi connectivity index (χ0n) is 15.6. The van der Waals surface area contributed by atoms with Gasteiger partial charge in [0.05, 0.1) is 17.6 Å². The molecule has 0 atom stereocenters. The highest BCUT2D eigenvalue weighted by Gasteiger charge is 2.19. The van der Waals surface area contributed by atoms with E-state index in [-0.39, 0.29) is 11.4 Å². The lowest BCUT2D eigenvalue weighted by molar-refractivity contribution is -0.384. The van der Waals surface area contributed by atoms with Crippen LogP contribution in [0.2, 0.25) is 0 Å². The van der Waals surface area contributed by atoms with E-state index in [0.717, 1.165) is 19.3 Å². The van der Waals surface area contributed by atoms with Crippen LogP contribution in [0.25, 0.3) is 0 Å². The van der Waals surface area contributed by atoms with E-state index in [1.165, 1.54) is 37.5 Å². The molecule has 8 heteroatoms. The molecular weight excluding hydrogens is 352 g/mol. The van der Waals surface area contributed by atoms with Crippen molar-refractivity contribution in [3.05, 3.63) is 28.3 Å². The summed E-state index contributed by atoms with van der Waals surface area (Å²) in [5.74, 6) is -0.131. The summed E-state index contributed by atoms with van der Waals surface area (Å²) in [5.41, 5.74) is -0.246. The van der Waals surface area contributed by atoms with E-state index in [1.807, 2.05) is 0 Å². The number of carbonyl (C=O) groups excluding carboxylic acids is 2. The van der Waals surface area contributed by atoms with Crippen molar-refractivity contribution >= 4 is 23.3 Å². The van der Waals surface area contributed by atoms with E-state index in [4.69, 9.17) is 9.47 Å². The Hall–Kier alpha value is -2.64. The largest absolute Gasteiger partial charge is 0.494 e. The number of nitrogens with zero attached hydrogens (tertiary/aromatic N) is 1. The van der Waals surface area contributed by atoms with Gasteiger partial charge in [0.1, 0.15) is 11.4 Å². The van der Waals surface area contributed by atoms with Crippen LogP contribution in [0.1, 0.15) is 51.9 Å². The predicted molar refractivity (Wildman–Crippen MR) is 99.7 cm³/mol. The van der Waals surface area contributed by atoms with Crippen molar-refractivity contribution in [2.45, 2.75) is 51.9 Å². The van der Waals surface area contributed by atoms with Crippen molar-refractivity contribution in [2.75, 3.05) is 18.5 Å². The average molecular weight is 378 g/mol. The third-order valence-electron chi connectivity index (χ3n) is 4.60. The molecule has 2 rings (SSSR count). The molecule has 27 heavy (non-hydrogen) atoms. The molecule has 0 aromatic heterocycles. The number of rotatable bonds is 9. The van der Waals surface area contributed by atoms with Crippen molar-refractivity contribution in [2.24, 2.45) is 5.92 Å². The number of ether oxygens (including phenoxy) is 2. The Bertz CT molecular complexity index is 670. The number of hydrogen-bond donors (Lipinski definition) is 1. The van der Waals surface area contributed by atoms with Gasteiger partial charge in [-0.1, -0.05) is 32.1 Å². The minimum absolute atomic E-state index is 0.0340. The number of nitro benzene ring substituents is 1. The fourth-order valence-corrected chi connectivity index (χ4v) is 3.23. The molecule has 1 aromatic carbocycles. The molecular formula is C19H26N2O6. The molecule has 0 saturated heterocycles. The summed E-state index contributed by atoms with van der Waals surface area (Å²) >= 11 is 0. The number of hydrogen-bond acceptors (Lipinski definition) is 6. The van der Waals surface area contributed by atoms with E-state index in [2.05, 4.69) is 5.32 Å². The topological polar surface area (TPSA) is 108 Å². The quantitative estimate of drug-likeness (QED) is 0.397. The maximum atomic E-state index is 12.0. The number of esters is 1. The van der Waals surface area contributed by atoms with Crippen LogP contribution in [-0.4, -0.2) is 30.0 Å². The Balaban J connectivity index is 1.80. The summed E-state index contributed by atoms with van der Waals surface area (Å²) in [4.78, 5) is 34.3. The van der Waals surface area contributed by atoms with Gasteiger partial charge in [0, 0.05) is 6.42 Å². The molecule has 1 aliphatic rings. The second-order valence-electron chi connectivity index (χ2n) is 6.62. The lowest BCUT2D eigenvalue weighted by Crippen LogP contribution is -2.21. The fourth-order valence-electron chi connectivity index (χ4n) is 3.23. The summed E-state index contributed by atoms with van der Waals surface area (Å²) in [6.45, 7) is 1.68. The van der Waals surface area contributed by atoms with Crippen LogP contribution in [0.4, 0.5) is 11.4 Å². The minimum Gasteiger partial charge on any atom is -0.494 e. The van der Waals surface area contributed by atoms with E-state index in [9.17, 15) is 19.7 Å². The number of benzene rings is 1. The van der Waals surface area contributed by atoms with Crippen molar-refractivity contribution in [1.29, 1.82) is 0 Å². The number of carbonyl (C=O) groups is 2. The number of amides is 1. The van der Waals surface area contributed by atoms with Crippen molar-refractivity contribution < 1.29 is 24.0 Å². The van der Waals surface area contributed by atoms with E-state index >= 15 is 0 Å². The van der Waals surface area contributed by atoms with Gasteiger partial charge in [-0.3, -0.25) is 19.7 Å². The second kappa shape index (κ2) is 10.5. The van der Waals surface area contributed by atoms with Gasteiger partial charge in [-0.2, -0.15) is 0 Å². The second-order valence-corrected chi connectivity index (χ2v) is 6.62. The number of nitro groups is 1. The molecule has 0 unspecified atom stereocenters. The van der Waals surface area contributed by atoms with Crippen molar-refractivity contribution in [3.8, 4) is 5.75 Å². The van der Waals surface area contributed by atoms with Crippen molar-refractivity contribution in [3.63, 3.8) is 0 Å². The van der Waals surface area contributed by atoms with Gasteiger partial charge < -0.3 is 14.8 Å². The third-order valence-corrected chi connectivity index (χ3v) is 4.60. The molecule has 1 saturated carbocycles. The maximum Gasteiger partial charge on any atom is 0.306 e. The van der Waals surface area contributed by atoms with Crippen LogP contribution in [0.5, 0.6) is 5.75 Å². The van der Waals surface area contributed by atoms with Crippen LogP contribution in [0, 0.1) is 16.0 Å². The molecule has 148 valence electrons. The van der Waals surface area contributed by atoms with Gasteiger partial charge in [0.2, 0.25) is 0 Å². The van der Waals surface area contributed by atoms with Crippen LogP contribution >= 0.6 is 0 Å². The Kier molecular flexibility index (Phi) is 8.03. The highest BCUT2D eigenvalue weighted by atomic mass is 16.6. The molecule has 0 bridgehead atoms.